The number of hydrogen-bond acceptors (Lipinski definition) is 6. The molecule has 0 aromatic carbocycles. The van der Waals surface area contributed by atoms with Crippen LogP contribution < -0.4 is 5.73 Å². The Kier molecular flexibility index (Phi) is 5.74. The van der Waals surface area contributed by atoms with Gasteiger partial charge in [0.25, 0.3) is 0 Å². The van der Waals surface area contributed by atoms with Gasteiger partial charge in [-0.05, 0) is 18.1 Å². The van der Waals surface area contributed by atoms with Gasteiger partial charge in [0.15, 0.2) is 0 Å². The molecule has 126 valence electrons. The Morgan fingerprint density at radius 3 is 2.25 bits per heavy atom. The van der Waals surface area contributed by atoms with Crippen molar-refractivity contribution < 1.29 is 19.0 Å². The van der Waals surface area contributed by atoms with Crippen LogP contribution in [-0.2, 0) is 27.4 Å². The molecule has 0 aromatic heterocycles. The summed E-state index contributed by atoms with van der Waals surface area (Å²) < 4.78 is 15.6. The molecule has 0 amide bonds. The highest BCUT2D eigenvalue weighted by Gasteiger charge is 2.30. The zero-order valence-electron chi connectivity index (χ0n) is 14.0. The minimum atomic E-state index is -0.548. The third-order valence-corrected chi connectivity index (χ3v) is 3.72. The Hall–Kier alpha value is -2.62. The summed E-state index contributed by atoms with van der Waals surface area (Å²) in [5.41, 5.74) is 9.45. The van der Waals surface area contributed by atoms with Gasteiger partial charge in [-0.15, -0.1) is 0 Å². The predicted molar refractivity (Wildman–Crippen MR) is 89.6 cm³/mol. The van der Waals surface area contributed by atoms with Crippen molar-refractivity contribution in [2.45, 2.75) is 20.1 Å². The van der Waals surface area contributed by atoms with E-state index in [1.807, 2.05) is 18.2 Å². The summed E-state index contributed by atoms with van der Waals surface area (Å²) in [4.78, 5) is 12.5. The molecule has 0 radical (unpaired) electrons. The number of methoxy groups -OCH3 is 2. The number of nitriles is 1. The molecule has 0 unspecified atom stereocenters. The van der Waals surface area contributed by atoms with Gasteiger partial charge in [0.2, 0.25) is 0 Å². The number of fused-ring (bicyclic) bond motifs is 1. The monoisotopic (exact) mass is 328 g/mol. The SMILES string of the molecule is CCOC(=O)c1c(N)c(C#N)c2c(COC)cccc(COC)c1-2. The molecule has 0 aliphatic heterocycles. The quantitative estimate of drug-likeness (QED) is 0.819. The molecule has 0 aromatic rings. The number of nitrogen functional groups attached to an aromatic ring is 1. The Bertz CT molecular complexity index is 765. The number of hydrogen-bond donors (Lipinski definition) is 1. The van der Waals surface area contributed by atoms with Crippen molar-refractivity contribution in [2.24, 2.45) is 0 Å². The normalized spacial score (nSPS) is 10.6. The van der Waals surface area contributed by atoms with Gasteiger partial charge in [-0.25, -0.2) is 4.79 Å². The van der Waals surface area contributed by atoms with Crippen LogP contribution in [0.2, 0.25) is 0 Å². The fraction of sp³-hybridized carbons (Fsp3) is 0.333. The van der Waals surface area contributed by atoms with Gasteiger partial charge in [-0.2, -0.15) is 5.26 Å². The maximum Gasteiger partial charge on any atom is 0.340 e. The Morgan fingerprint density at radius 2 is 1.75 bits per heavy atom. The standard InChI is InChI=1S/C18H20N2O4/c1-4-24-18(21)16-15-12(10-23-3)7-5-6-11(9-22-2)14(15)13(8-19)17(16)20/h5-7H,4,9-10,20H2,1-3H3. The van der Waals surface area contributed by atoms with Gasteiger partial charge < -0.3 is 19.9 Å². The smallest absolute Gasteiger partial charge is 0.340 e. The fourth-order valence-corrected chi connectivity index (χ4v) is 2.82. The van der Waals surface area contributed by atoms with E-state index in [1.54, 1.807) is 21.1 Å². The Balaban J connectivity index is 2.88. The maximum absolute atomic E-state index is 12.5. The molecule has 24 heavy (non-hydrogen) atoms. The van der Waals surface area contributed by atoms with Crippen molar-refractivity contribution in [3.05, 3.63) is 40.5 Å². The highest BCUT2D eigenvalue weighted by atomic mass is 16.5. The van der Waals surface area contributed by atoms with E-state index >= 15 is 0 Å². The molecule has 0 spiro atoms. The summed E-state index contributed by atoms with van der Waals surface area (Å²) >= 11 is 0. The van der Waals surface area contributed by atoms with Crippen molar-refractivity contribution in [1.29, 1.82) is 5.26 Å². The number of carbonyl (C=O) groups is 1. The first-order chi connectivity index (χ1) is 11.6. The van der Waals surface area contributed by atoms with E-state index in [9.17, 15) is 10.1 Å². The van der Waals surface area contributed by atoms with E-state index in [4.69, 9.17) is 19.9 Å². The van der Waals surface area contributed by atoms with Crippen LogP contribution in [0.5, 0.6) is 0 Å². The molecule has 2 aliphatic rings. The highest BCUT2D eigenvalue weighted by molar-refractivity contribution is 6.09. The number of nitrogens with zero attached hydrogens (tertiary/aromatic N) is 1. The summed E-state index contributed by atoms with van der Waals surface area (Å²) in [5, 5.41) is 9.58. The maximum atomic E-state index is 12.5. The second-order valence-electron chi connectivity index (χ2n) is 5.19. The number of esters is 1. The lowest BCUT2D eigenvalue weighted by atomic mass is 9.99. The molecule has 6 nitrogen and oxygen atoms in total. The number of carbonyl (C=O) groups excluding carboxylic acids is 1. The predicted octanol–water partition coefficient (Wildman–Crippen LogP) is 2.71. The molecule has 2 N–H and O–H groups in total. The molecule has 0 atom stereocenters. The Morgan fingerprint density at radius 1 is 1.17 bits per heavy atom. The molecule has 0 bridgehead atoms. The van der Waals surface area contributed by atoms with Crippen molar-refractivity contribution in [1.82, 2.24) is 0 Å². The minimum Gasteiger partial charge on any atom is -0.462 e. The van der Waals surface area contributed by atoms with Crippen LogP contribution in [0.3, 0.4) is 0 Å². The zero-order chi connectivity index (χ0) is 17.7. The molecule has 0 saturated heterocycles. The van der Waals surface area contributed by atoms with Crippen LogP contribution in [0.1, 0.15) is 34.0 Å². The van der Waals surface area contributed by atoms with Crippen LogP contribution in [0.4, 0.5) is 5.69 Å². The molecule has 0 heterocycles. The first kappa shape index (κ1) is 17.7. The summed E-state index contributed by atoms with van der Waals surface area (Å²) in [6.07, 6.45) is 0. The summed E-state index contributed by atoms with van der Waals surface area (Å²) in [7, 11) is 3.13. The highest BCUT2D eigenvalue weighted by Crippen LogP contribution is 2.43. The first-order valence-corrected chi connectivity index (χ1v) is 7.51. The number of ether oxygens (including phenoxy) is 3. The van der Waals surface area contributed by atoms with Crippen molar-refractivity contribution in [2.75, 3.05) is 26.6 Å². The second kappa shape index (κ2) is 7.77. The van der Waals surface area contributed by atoms with E-state index < -0.39 is 5.97 Å². The fourth-order valence-electron chi connectivity index (χ4n) is 2.82. The van der Waals surface area contributed by atoms with Gasteiger partial charge in [0.05, 0.1) is 36.6 Å². The van der Waals surface area contributed by atoms with Gasteiger partial charge in [-0.1, -0.05) is 18.2 Å². The second-order valence-corrected chi connectivity index (χ2v) is 5.19. The number of nitrogens with two attached hydrogens (primary N) is 1. The summed E-state index contributed by atoms with van der Waals surface area (Å²) in [6.45, 7) is 2.50. The average Bonchev–Trinajstić information content (AvgIpc) is 2.75. The molecule has 0 saturated carbocycles. The van der Waals surface area contributed by atoms with E-state index in [0.717, 1.165) is 11.1 Å². The van der Waals surface area contributed by atoms with E-state index in [0.29, 0.717) is 11.1 Å². The van der Waals surface area contributed by atoms with Crippen molar-refractivity contribution in [3.8, 4) is 17.2 Å². The van der Waals surface area contributed by atoms with Crippen LogP contribution in [0.25, 0.3) is 11.1 Å². The molecule has 6 heteroatoms. The van der Waals surface area contributed by atoms with Crippen LogP contribution in [0, 0.1) is 11.3 Å². The molecular weight excluding hydrogens is 308 g/mol. The third kappa shape index (κ3) is 3.04. The lowest BCUT2D eigenvalue weighted by Crippen LogP contribution is -2.08. The first-order valence-electron chi connectivity index (χ1n) is 7.51. The molecule has 2 rings (SSSR count). The van der Waals surface area contributed by atoms with E-state index in [-0.39, 0.29) is 36.6 Å². The van der Waals surface area contributed by atoms with E-state index in [1.165, 1.54) is 0 Å². The summed E-state index contributed by atoms with van der Waals surface area (Å²) in [5.74, 6) is -0.548. The van der Waals surface area contributed by atoms with Crippen LogP contribution in [-0.4, -0.2) is 26.8 Å². The zero-order valence-corrected chi connectivity index (χ0v) is 14.0. The Labute approximate surface area is 141 Å². The lowest BCUT2D eigenvalue weighted by molar-refractivity contribution is 0.0528. The van der Waals surface area contributed by atoms with Crippen molar-refractivity contribution >= 4 is 11.7 Å². The molecule has 2 aliphatic carbocycles. The largest absolute Gasteiger partial charge is 0.462 e. The average molecular weight is 328 g/mol. The lowest BCUT2D eigenvalue weighted by Gasteiger charge is -2.10. The topological polar surface area (TPSA) is 94.6 Å². The van der Waals surface area contributed by atoms with Gasteiger partial charge >= 0.3 is 5.97 Å². The molecule has 0 fully saturated rings. The van der Waals surface area contributed by atoms with Gasteiger partial charge in [0, 0.05) is 25.3 Å². The van der Waals surface area contributed by atoms with Gasteiger partial charge in [0.1, 0.15) is 6.07 Å². The number of anilines is 1. The van der Waals surface area contributed by atoms with Crippen LogP contribution >= 0.6 is 0 Å². The van der Waals surface area contributed by atoms with Crippen LogP contribution in [0.15, 0.2) is 18.2 Å². The van der Waals surface area contributed by atoms with E-state index in [2.05, 4.69) is 6.07 Å². The number of rotatable bonds is 6. The van der Waals surface area contributed by atoms with Gasteiger partial charge in [-0.3, -0.25) is 0 Å². The molecular formula is C18H20N2O4. The minimum absolute atomic E-state index is 0.131. The third-order valence-electron chi connectivity index (χ3n) is 3.72. The summed E-state index contributed by atoms with van der Waals surface area (Å²) in [6, 6.07) is 7.64. The van der Waals surface area contributed by atoms with Crippen molar-refractivity contribution in [3.63, 3.8) is 0 Å².